The van der Waals surface area contributed by atoms with Crippen LogP contribution in [0.15, 0.2) is 47.7 Å². The Hall–Kier alpha value is -2.46. The van der Waals surface area contributed by atoms with Crippen molar-refractivity contribution in [2.75, 3.05) is 7.11 Å². The third-order valence-corrected chi connectivity index (χ3v) is 5.67. The van der Waals surface area contributed by atoms with Crippen molar-refractivity contribution in [3.8, 4) is 17.6 Å². The lowest BCUT2D eigenvalue weighted by Crippen LogP contribution is -2.46. The Bertz CT molecular complexity index is 1090. The summed E-state index contributed by atoms with van der Waals surface area (Å²) in [4.78, 5) is 0. The maximum Gasteiger partial charge on any atom is 0.171 e. The third kappa shape index (κ3) is 5.24. The van der Waals surface area contributed by atoms with Gasteiger partial charge in [-0.15, -0.1) is 0 Å². The Morgan fingerprint density at radius 3 is 2.48 bits per heavy atom. The number of allylic oxidation sites excluding steroid dienone is 1. The molecule has 0 saturated carbocycles. The maximum absolute atomic E-state index is 9.87. The van der Waals surface area contributed by atoms with Crippen LogP contribution >= 0.6 is 35.4 Å². The van der Waals surface area contributed by atoms with Gasteiger partial charge >= 0.3 is 0 Å². The number of nitriles is 1. The molecule has 0 spiro atoms. The van der Waals surface area contributed by atoms with Crippen LogP contribution in [0, 0.1) is 16.7 Å². The predicted octanol–water partition coefficient (Wildman–Crippen LogP) is 5.92. The Balaban J connectivity index is 1.91. The summed E-state index contributed by atoms with van der Waals surface area (Å²) in [6, 6.07) is 12.8. The summed E-state index contributed by atoms with van der Waals surface area (Å²) in [5, 5.41) is 17.8. The highest BCUT2D eigenvalue weighted by Crippen LogP contribution is 2.38. The fraction of sp³-hybridized carbons (Fsp3) is 0.304. The van der Waals surface area contributed by atoms with Gasteiger partial charge in [0.15, 0.2) is 16.6 Å². The zero-order valence-corrected chi connectivity index (χ0v) is 20.0. The van der Waals surface area contributed by atoms with E-state index in [0.717, 1.165) is 16.8 Å². The Morgan fingerprint density at radius 2 is 1.87 bits per heavy atom. The van der Waals surface area contributed by atoms with E-state index in [1.807, 2.05) is 45.0 Å². The normalized spacial score (nSPS) is 16.3. The Kier molecular flexibility index (Phi) is 7.00. The van der Waals surface area contributed by atoms with E-state index in [4.69, 9.17) is 44.9 Å². The molecule has 162 valence electrons. The number of hydrogen-bond acceptors (Lipinski definition) is 4. The number of ether oxygens (including phenoxy) is 2. The number of hydrogen-bond donors (Lipinski definition) is 2. The highest BCUT2D eigenvalue weighted by molar-refractivity contribution is 7.80. The van der Waals surface area contributed by atoms with Crippen molar-refractivity contribution in [2.45, 2.75) is 33.4 Å². The van der Waals surface area contributed by atoms with Gasteiger partial charge in [0.1, 0.15) is 6.61 Å². The summed E-state index contributed by atoms with van der Waals surface area (Å²) in [6.45, 7) is 6.38. The molecular weight excluding hydrogens is 453 g/mol. The van der Waals surface area contributed by atoms with Crippen molar-refractivity contribution in [1.82, 2.24) is 10.6 Å². The average molecular weight is 476 g/mol. The molecule has 2 N–H and O–H groups in total. The number of nitrogens with zero attached hydrogens (tertiary/aromatic N) is 1. The molecule has 2 aromatic carbocycles. The minimum atomic E-state index is -0.387. The third-order valence-electron chi connectivity index (χ3n) is 4.86. The minimum Gasteiger partial charge on any atom is -0.493 e. The lowest BCUT2D eigenvalue weighted by molar-refractivity contribution is 0.284. The van der Waals surface area contributed by atoms with E-state index in [-0.39, 0.29) is 18.1 Å². The second-order valence-corrected chi connectivity index (χ2v) is 9.37. The van der Waals surface area contributed by atoms with Crippen LogP contribution in [0.5, 0.6) is 11.5 Å². The Labute approximate surface area is 197 Å². The lowest BCUT2D eigenvalue weighted by atomic mass is 9.84. The average Bonchev–Trinajstić information content (AvgIpc) is 2.71. The van der Waals surface area contributed by atoms with Crippen LogP contribution in [0.2, 0.25) is 10.0 Å². The number of rotatable bonds is 5. The van der Waals surface area contributed by atoms with Crippen molar-refractivity contribution < 1.29 is 9.47 Å². The van der Waals surface area contributed by atoms with Crippen molar-refractivity contribution >= 4 is 40.5 Å². The topological polar surface area (TPSA) is 66.3 Å². The summed E-state index contributed by atoms with van der Waals surface area (Å²) >= 11 is 17.6. The van der Waals surface area contributed by atoms with Gasteiger partial charge in [-0.3, -0.25) is 0 Å². The number of benzene rings is 2. The summed E-state index contributed by atoms with van der Waals surface area (Å²) in [5.41, 5.74) is 2.79. The number of nitrogens with one attached hydrogen (secondary N) is 2. The first-order valence-electron chi connectivity index (χ1n) is 9.61. The van der Waals surface area contributed by atoms with Crippen LogP contribution in [0.3, 0.4) is 0 Å². The highest BCUT2D eigenvalue weighted by Gasteiger charge is 2.32. The minimum absolute atomic E-state index is 0.263. The first-order chi connectivity index (χ1) is 14.6. The molecule has 0 unspecified atom stereocenters. The van der Waals surface area contributed by atoms with Gasteiger partial charge in [0.25, 0.3) is 0 Å². The quantitative estimate of drug-likeness (QED) is 0.522. The van der Waals surface area contributed by atoms with E-state index in [1.165, 1.54) is 0 Å². The van der Waals surface area contributed by atoms with Crippen LogP contribution < -0.4 is 20.1 Å². The monoisotopic (exact) mass is 475 g/mol. The number of thiocarbonyl (C=S) groups is 1. The molecule has 0 amide bonds. The number of methoxy groups -OCH3 is 1. The van der Waals surface area contributed by atoms with E-state index < -0.39 is 0 Å². The van der Waals surface area contributed by atoms with Crippen molar-refractivity contribution in [3.63, 3.8) is 0 Å². The molecule has 0 aromatic heterocycles. The second kappa shape index (κ2) is 9.35. The van der Waals surface area contributed by atoms with Gasteiger partial charge < -0.3 is 20.1 Å². The van der Waals surface area contributed by atoms with Gasteiger partial charge in [0.2, 0.25) is 0 Å². The van der Waals surface area contributed by atoms with Crippen LogP contribution in [0.4, 0.5) is 0 Å². The molecule has 5 nitrogen and oxygen atoms in total. The van der Waals surface area contributed by atoms with Gasteiger partial charge in [-0.1, -0.05) is 56.1 Å². The molecule has 0 aliphatic carbocycles. The standard InChI is InChI=1S/C23H23Cl2N3O2S/c1-23(2,3)21-16(11-26)20(27-22(31)28-21)13-6-8-18(19(9-13)29-4)30-12-14-5-7-15(24)10-17(14)25/h5-10,20H,12H2,1-4H3,(H2,27,28,31)/t20-/m0/s1. The van der Waals surface area contributed by atoms with Gasteiger partial charge in [0.05, 0.1) is 24.8 Å². The first-order valence-corrected chi connectivity index (χ1v) is 10.8. The van der Waals surface area contributed by atoms with Crippen LogP contribution in [0.1, 0.15) is 37.9 Å². The lowest BCUT2D eigenvalue weighted by Gasteiger charge is -2.35. The fourth-order valence-corrected chi connectivity index (χ4v) is 3.99. The van der Waals surface area contributed by atoms with Crippen LogP contribution in [-0.4, -0.2) is 12.2 Å². The largest absolute Gasteiger partial charge is 0.493 e. The molecule has 1 aliphatic rings. The molecule has 0 fully saturated rings. The first kappa shape index (κ1) is 23.2. The molecule has 0 saturated heterocycles. The van der Waals surface area contributed by atoms with Crippen LogP contribution in [-0.2, 0) is 6.61 Å². The summed E-state index contributed by atoms with van der Waals surface area (Å²) in [5.74, 6) is 1.11. The predicted molar refractivity (Wildman–Crippen MR) is 127 cm³/mol. The fourth-order valence-electron chi connectivity index (χ4n) is 3.30. The Morgan fingerprint density at radius 1 is 1.13 bits per heavy atom. The molecular formula is C23H23Cl2N3O2S. The van der Waals surface area contributed by atoms with Gasteiger partial charge in [-0.05, 0) is 42.0 Å². The van der Waals surface area contributed by atoms with Crippen molar-refractivity contribution in [1.29, 1.82) is 5.26 Å². The van der Waals surface area contributed by atoms with E-state index in [0.29, 0.717) is 32.2 Å². The van der Waals surface area contributed by atoms with E-state index >= 15 is 0 Å². The highest BCUT2D eigenvalue weighted by atomic mass is 35.5. The summed E-state index contributed by atoms with van der Waals surface area (Å²) < 4.78 is 11.5. The SMILES string of the molecule is COc1cc([C@@H]2NC(=S)NC(C(C)(C)C)=C2C#N)ccc1OCc1ccc(Cl)cc1Cl. The molecule has 0 radical (unpaired) electrons. The second-order valence-electron chi connectivity index (χ2n) is 8.12. The van der Waals surface area contributed by atoms with E-state index in [2.05, 4.69) is 16.7 Å². The molecule has 1 atom stereocenters. The van der Waals surface area contributed by atoms with Crippen molar-refractivity contribution in [3.05, 3.63) is 68.8 Å². The van der Waals surface area contributed by atoms with Crippen molar-refractivity contribution in [2.24, 2.45) is 5.41 Å². The summed E-state index contributed by atoms with van der Waals surface area (Å²) in [7, 11) is 1.57. The molecule has 1 heterocycles. The van der Waals surface area contributed by atoms with E-state index in [9.17, 15) is 5.26 Å². The molecule has 0 bridgehead atoms. The van der Waals surface area contributed by atoms with Gasteiger partial charge in [0, 0.05) is 26.7 Å². The molecule has 2 aromatic rings. The molecule has 3 rings (SSSR count). The zero-order valence-electron chi connectivity index (χ0n) is 17.7. The van der Waals surface area contributed by atoms with E-state index in [1.54, 1.807) is 19.2 Å². The van der Waals surface area contributed by atoms with Gasteiger partial charge in [-0.25, -0.2) is 0 Å². The maximum atomic E-state index is 9.87. The molecule has 1 aliphatic heterocycles. The number of halogens is 2. The molecule has 8 heteroatoms. The zero-order chi connectivity index (χ0) is 22.8. The van der Waals surface area contributed by atoms with Crippen LogP contribution in [0.25, 0.3) is 0 Å². The van der Waals surface area contributed by atoms with Gasteiger partial charge in [-0.2, -0.15) is 5.26 Å². The summed E-state index contributed by atoms with van der Waals surface area (Å²) in [6.07, 6.45) is 0. The molecule has 31 heavy (non-hydrogen) atoms. The smallest absolute Gasteiger partial charge is 0.171 e.